The van der Waals surface area contributed by atoms with Crippen LogP contribution in [0.5, 0.6) is 0 Å². The summed E-state index contributed by atoms with van der Waals surface area (Å²) in [6.07, 6.45) is 3.11. The first-order valence-corrected chi connectivity index (χ1v) is 12.2. The second-order valence-electron chi connectivity index (χ2n) is 7.98. The molecule has 7 heteroatoms. The second kappa shape index (κ2) is 11.8. The predicted octanol–water partition coefficient (Wildman–Crippen LogP) is 5.49. The summed E-state index contributed by atoms with van der Waals surface area (Å²) in [5.41, 5.74) is 2.90. The SMILES string of the molecule is CCCCn1c(SCC(=O)Nc2ccccc2-c2ccccc2)nnc1C(CC)N(C)C. The molecule has 0 saturated heterocycles. The van der Waals surface area contributed by atoms with Gasteiger partial charge in [-0.05, 0) is 38.6 Å². The lowest BCUT2D eigenvalue weighted by atomic mass is 10.0. The van der Waals surface area contributed by atoms with Crippen LogP contribution in [-0.2, 0) is 11.3 Å². The number of nitrogens with zero attached hydrogens (tertiary/aromatic N) is 4. The van der Waals surface area contributed by atoms with Gasteiger partial charge >= 0.3 is 0 Å². The van der Waals surface area contributed by atoms with Crippen molar-refractivity contribution in [3.05, 3.63) is 60.4 Å². The number of carbonyl (C=O) groups is 1. The molecule has 0 radical (unpaired) electrons. The topological polar surface area (TPSA) is 63.1 Å². The lowest BCUT2D eigenvalue weighted by Gasteiger charge is -2.23. The van der Waals surface area contributed by atoms with Crippen LogP contribution in [0.4, 0.5) is 5.69 Å². The van der Waals surface area contributed by atoms with E-state index in [2.05, 4.69) is 52.9 Å². The first kappa shape index (κ1) is 24.0. The highest BCUT2D eigenvalue weighted by atomic mass is 32.2. The maximum Gasteiger partial charge on any atom is 0.234 e. The number of benzene rings is 2. The summed E-state index contributed by atoms with van der Waals surface area (Å²) >= 11 is 1.45. The third kappa shape index (κ3) is 5.99. The highest BCUT2D eigenvalue weighted by Gasteiger charge is 2.22. The first-order chi connectivity index (χ1) is 15.5. The number of aromatic nitrogens is 3. The number of rotatable bonds is 11. The molecule has 0 aliphatic heterocycles. The molecule has 170 valence electrons. The number of amides is 1. The number of anilines is 1. The molecule has 0 aliphatic carbocycles. The van der Waals surface area contributed by atoms with E-state index in [0.29, 0.717) is 0 Å². The Balaban J connectivity index is 1.72. The lowest BCUT2D eigenvalue weighted by molar-refractivity contribution is -0.113. The van der Waals surface area contributed by atoms with Crippen LogP contribution in [0.25, 0.3) is 11.1 Å². The molecule has 3 aromatic rings. The van der Waals surface area contributed by atoms with Crippen LogP contribution in [-0.4, -0.2) is 45.4 Å². The van der Waals surface area contributed by atoms with Gasteiger partial charge in [0.15, 0.2) is 11.0 Å². The van der Waals surface area contributed by atoms with Crippen molar-refractivity contribution in [1.82, 2.24) is 19.7 Å². The molecule has 1 aromatic heterocycles. The van der Waals surface area contributed by atoms with Gasteiger partial charge in [-0.15, -0.1) is 10.2 Å². The van der Waals surface area contributed by atoms with E-state index in [4.69, 9.17) is 0 Å². The van der Waals surface area contributed by atoms with Crippen LogP contribution < -0.4 is 5.32 Å². The number of hydrogen-bond donors (Lipinski definition) is 1. The van der Waals surface area contributed by atoms with Crippen LogP contribution in [0.2, 0.25) is 0 Å². The predicted molar refractivity (Wildman–Crippen MR) is 133 cm³/mol. The van der Waals surface area contributed by atoms with E-state index < -0.39 is 0 Å². The van der Waals surface area contributed by atoms with Crippen LogP contribution in [0.1, 0.15) is 45.0 Å². The smallest absolute Gasteiger partial charge is 0.234 e. The van der Waals surface area contributed by atoms with Crippen LogP contribution >= 0.6 is 11.8 Å². The normalized spacial score (nSPS) is 12.2. The van der Waals surface area contributed by atoms with E-state index in [9.17, 15) is 4.79 Å². The number of para-hydroxylation sites is 1. The number of hydrogen-bond acceptors (Lipinski definition) is 5. The maximum absolute atomic E-state index is 12.8. The molecular formula is C25H33N5OS. The summed E-state index contributed by atoms with van der Waals surface area (Å²) in [5.74, 6) is 1.21. The molecule has 0 aliphatic rings. The third-order valence-electron chi connectivity index (χ3n) is 5.41. The molecular weight excluding hydrogens is 418 g/mol. The van der Waals surface area contributed by atoms with Crippen molar-refractivity contribution in [2.45, 2.75) is 50.9 Å². The summed E-state index contributed by atoms with van der Waals surface area (Å²) < 4.78 is 2.19. The van der Waals surface area contributed by atoms with Crippen molar-refractivity contribution >= 4 is 23.4 Å². The molecule has 0 saturated carbocycles. The zero-order valence-electron chi connectivity index (χ0n) is 19.4. The molecule has 6 nitrogen and oxygen atoms in total. The van der Waals surface area contributed by atoms with Gasteiger partial charge in [0.2, 0.25) is 5.91 Å². The van der Waals surface area contributed by atoms with Crippen LogP contribution in [0, 0.1) is 0 Å². The van der Waals surface area contributed by atoms with Gasteiger partial charge in [-0.2, -0.15) is 0 Å². The van der Waals surface area contributed by atoms with Gasteiger partial charge in [0.25, 0.3) is 0 Å². The van der Waals surface area contributed by atoms with Gasteiger partial charge in [-0.3, -0.25) is 9.69 Å². The van der Waals surface area contributed by atoms with Crippen molar-refractivity contribution in [3.63, 3.8) is 0 Å². The Morgan fingerprint density at radius 2 is 1.78 bits per heavy atom. The molecule has 2 aromatic carbocycles. The van der Waals surface area contributed by atoms with E-state index in [1.807, 2.05) is 54.6 Å². The Morgan fingerprint density at radius 1 is 1.06 bits per heavy atom. The Bertz CT molecular complexity index is 1000. The van der Waals surface area contributed by atoms with Gasteiger partial charge in [0.05, 0.1) is 11.8 Å². The van der Waals surface area contributed by atoms with Crippen LogP contribution in [0.3, 0.4) is 0 Å². The van der Waals surface area contributed by atoms with Crippen molar-refractivity contribution in [1.29, 1.82) is 0 Å². The fourth-order valence-corrected chi connectivity index (χ4v) is 4.51. The number of thioether (sulfide) groups is 1. The quantitative estimate of drug-likeness (QED) is 0.391. The minimum atomic E-state index is -0.0513. The first-order valence-electron chi connectivity index (χ1n) is 11.2. The van der Waals surface area contributed by atoms with Crippen molar-refractivity contribution < 1.29 is 4.79 Å². The highest BCUT2D eigenvalue weighted by molar-refractivity contribution is 7.99. The number of nitrogens with one attached hydrogen (secondary N) is 1. The number of unbranched alkanes of at least 4 members (excludes halogenated alkanes) is 1. The molecule has 1 heterocycles. The highest BCUT2D eigenvalue weighted by Crippen LogP contribution is 2.29. The Labute approximate surface area is 195 Å². The van der Waals surface area contributed by atoms with E-state index in [-0.39, 0.29) is 17.7 Å². The van der Waals surface area contributed by atoms with Gasteiger partial charge in [-0.25, -0.2) is 0 Å². The average molecular weight is 452 g/mol. The summed E-state index contributed by atoms with van der Waals surface area (Å²) in [6.45, 7) is 5.20. The Hall–Kier alpha value is -2.64. The van der Waals surface area contributed by atoms with Gasteiger partial charge in [0.1, 0.15) is 0 Å². The molecule has 1 atom stereocenters. The number of carbonyl (C=O) groups excluding carboxylic acids is 1. The van der Waals surface area contributed by atoms with Crippen LogP contribution in [0.15, 0.2) is 59.8 Å². The molecule has 32 heavy (non-hydrogen) atoms. The van der Waals surface area contributed by atoms with Gasteiger partial charge in [0, 0.05) is 17.8 Å². The third-order valence-corrected chi connectivity index (χ3v) is 6.37. The van der Waals surface area contributed by atoms with E-state index in [0.717, 1.165) is 53.6 Å². The summed E-state index contributed by atoms with van der Waals surface area (Å²) in [6, 6.07) is 18.2. The molecule has 0 fully saturated rings. The zero-order chi connectivity index (χ0) is 22.9. The van der Waals surface area contributed by atoms with Gasteiger partial charge < -0.3 is 9.88 Å². The summed E-state index contributed by atoms with van der Waals surface area (Å²) in [5, 5.41) is 12.8. The molecule has 3 rings (SSSR count). The van der Waals surface area contributed by atoms with Gasteiger partial charge in [-0.1, -0.05) is 80.6 Å². The standard InChI is InChI=1S/C25H33N5OS/c1-5-7-17-30-24(22(6-2)29(3)4)27-28-25(30)32-18-23(31)26-21-16-12-11-15-20(21)19-13-9-8-10-14-19/h8-16,22H,5-7,17-18H2,1-4H3,(H,26,31). The molecule has 1 amide bonds. The Morgan fingerprint density at radius 3 is 2.47 bits per heavy atom. The molecule has 0 spiro atoms. The summed E-state index contributed by atoms with van der Waals surface area (Å²) in [7, 11) is 4.13. The largest absolute Gasteiger partial charge is 0.325 e. The summed E-state index contributed by atoms with van der Waals surface area (Å²) in [4.78, 5) is 15.0. The molecule has 1 N–H and O–H groups in total. The Kier molecular flexibility index (Phi) is 8.88. The zero-order valence-corrected chi connectivity index (χ0v) is 20.2. The minimum Gasteiger partial charge on any atom is -0.325 e. The van der Waals surface area contributed by atoms with E-state index in [1.54, 1.807) is 0 Å². The maximum atomic E-state index is 12.8. The van der Waals surface area contributed by atoms with Crippen molar-refractivity contribution in [2.24, 2.45) is 0 Å². The second-order valence-corrected chi connectivity index (χ2v) is 8.92. The van der Waals surface area contributed by atoms with Crippen molar-refractivity contribution in [2.75, 3.05) is 25.2 Å². The fraction of sp³-hybridized carbons (Fsp3) is 0.400. The fourth-order valence-electron chi connectivity index (χ4n) is 3.74. The monoisotopic (exact) mass is 451 g/mol. The van der Waals surface area contributed by atoms with E-state index in [1.165, 1.54) is 11.8 Å². The average Bonchev–Trinajstić information content (AvgIpc) is 3.19. The minimum absolute atomic E-state index is 0.0513. The lowest BCUT2D eigenvalue weighted by Crippen LogP contribution is -2.23. The van der Waals surface area contributed by atoms with E-state index >= 15 is 0 Å². The molecule has 0 bridgehead atoms. The van der Waals surface area contributed by atoms with Crippen molar-refractivity contribution in [3.8, 4) is 11.1 Å². The molecule has 1 unspecified atom stereocenters.